The normalized spacial score (nSPS) is 18.7. The van der Waals surface area contributed by atoms with E-state index in [0.29, 0.717) is 12.8 Å². The molecule has 1 aliphatic heterocycles. The Hall–Kier alpha value is -2.08. The largest absolute Gasteiger partial charge is 0.409 e. The molecule has 0 aliphatic carbocycles. The Labute approximate surface area is 124 Å². The van der Waals surface area contributed by atoms with Gasteiger partial charge in [0.15, 0.2) is 0 Å². The summed E-state index contributed by atoms with van der Waals surface area (Å²) in [6, 6.07) is 7.30. The number of ether oxygens (including phenoxy) is 1. The van der Waals surface area contributed by atoms with Gasteiger partial charge in [-0.25, -0.2) is 0 Å². The average molecular weight is 291 g/mol. The Kier molecular flexibility index (Phi) is 5.57. The van der Waals surface area contributed by atoms with Crippen molar-refractivity contribution >= 4 is 17.4 Å². The summed E-state index contributed by atoms with van der Waals surface area (Å²) in [5.74, 6) is 0.151. The van der Waals surface area contributed by atoms with Crippen LogP contribution in [0.2, 0.25) is 0 Å². The van der Waals surface area contributed by atoms with Crippen LogP contribution in [0, 0.1) is 0 Å². The predicted octanol–water partition coefficient (Wildman–Crippen LogP) is 1.87. The molecule has 1 heterocycles. The highest BCUT2D eigenvalue weighted by Gasteiger charge is 2.16. The molecule has 2 rings (SSSR count). The van der Waals surface area contributed by atoms with E-state index in [-0.39, 0.29) is 17.8 Å². The van der Waals surface area contributed by atoms with Crippen molar-refractivity contribution in [2.24, 2.45) is 10.9 Å². The van der Waals surface area contributed by atoms with Crippen molar-refractivity contribution in [2.75, 3.05) is 11.9 Å². The number of nitrogens with zero attached hydrogens (tertiary/aromatic N) is 1. The number of hydrogen-bond donors (Lipinski definition) is 3. The second-order valence-electron chi connectivity index (χ2n) is 5.19. The van der Waals surface area contributed by atoms with Crippen molar-refractivity contribution in [2.45, 2.75) is 38.2 Å². The number of amidine groups is 1. The van der Waals surface area contributed by atoms with Crippen molar-refractivity contribution in [3.63, 3.8) is 0 Å². The van der Waals surface area contributed by atoms with Crippen LogP contribution in [-0.2, 0) is 16.0 Å². The van der Waals surface area contributed by atoms with Gasteiger partial charge in [-0.2, -0.15) is 0 Å². The molecule has 4 N–H and O–H groups in total. The molecule has 6 nitrogen and oxygen atoms in total. The first kappa shape index (κ1) is 15.3. The van der Waals surface area contributed by atoms with Gasteiger partial charge in [0.25, 0.3) is 0 Å². The Bertz CT molecular complexity index is 493. The van der Waals surface area contributed by atoms with Gasteiger partial charge < -0.3 is 21.0 Å². The van der Waals surface area contributed by atoms with Gasteiger partial charge in [-0.3, -0.25) is 4.79 Å². The van der Waals surface area contributed by atoms with E-state index in [1.54, 1.807) is 0 Å². The minimum atomic E-state index is -0.00492. The highest BCUT2D eigenvalue weighted by molar-refractivity contribution is 5.90. The molecule has 0 spiro atoms. The molecule has 0 saturated carbocycles. The summed E-state index contributed by atoms with van der Waals surface area (Å²) in [6.45, 7) is 0.814. The number of carbonyl (C=O) groups is 1. The minimum absolute atomic E-state index is 0.00492. The third kappa shape index (κ3) is 5.07. The second kappa shape index (κ2) is 7.64. The van der Waals surface area contributed by atoms with Crippen LogP contribution < -0.4 is 11.1 Å². The maximum atomic E-state index is 11.8. The molecule has 1 saturated heterocycles. The molecule has 1 amide bonds. The molecule has 1 aromatic carbocycles. The Morgan fingerprint density at radius 2 is 2.19 bits per heavy atom. The van der Waals surface area contributed by atoms with Gasteiger partial charge >= 0.3 is 0 Å². The maximum absolute atomic E-state index is 11.8. The lowest BCUT2D eigenvalue weighted by atomic mass is 10.1. The monoisotopic (exact) mass is 291 g/mol. The van der Waals surface area contributed by atoms with Crippen molar-refractivity contribution in [3.8, 4) is 0 Å². The fraction of sp³-hybridized carbons (Fsp3) is 0.467. The highest BCUT2D eigenvalue weighted by Crippen LogP contribution is 2.17. The van der Waals surface area contributed by atoms with E-state index in [2.05, 4.69) is 10.5 Å². The molecular weight excluding hydrogens is 270 g/mol. The van der Waals surface area contributed by atoms with Crippen LogP contribution in [0.1, 0.15) is 31.2 Å². The van der Waals surface area contributed by atoms with Gasteiger partial charge in [-0.15, -0.1) is 0 Å². The molecule has 0 aromatic heterocycles. The molecule has 0 bridgehead atoms. The number of amides is 1. The zero-order valence-electron chi connectivity index (χ0n) is 11.9. The van der Waals surface area contributed by atoms with E-state index in [0.717, 1.165) is 37.1 Å². The van der Waals surface area contributed by atoms with Crippen LogP contribution in [-0.4, -0.2) is 29.7 Å². The molecule has 0 radical (unpaired) electrons. The van der Waals surface area contributed by atoms with Crippen LogP contribution in [0.5, 0.6) is 0 Å². The summed E-state index contributed by atoms with van der Waals surface area (Å²) in [7, 11) is 0. The lowest BCUT2D eigenvalue weighted by Crippen LogP contribution is -2.16. The van der Waals surface area contributed by atoms with Gasteiger partial charge in [-0.1, -0.05) is 17.3 Å². The second-order valence-corrected chi connectivity index (χ2v) is 5.19. The zero-order chi connectivity index (χ0) is 15.1. The topological polar surface area (TPSA) is 96.9 Å². The lowest BCUT2D eigenvalue weighted by molar-refractivity contribution is -0.116. The van der Waals surface area contributed by atoms with Crippen LogP contribution in [0.25, 0.3) is 0 Å². The van der Waals surface area contributed by atoms with Gasteiger partial charge in [0.05, 0.1) is 6.10 Å². The lowest BCUT2D eigenvalue weighted by Gasteiger charge is -2.09. The standard InChI is InChI=1S/C15H21N3O3/c16-14(18-20)10-11-3-5-12(6-4-11)17-15(19)8-7-13-2-1-9-21-13/h3-6,13,20H,1-2,7-10H2,(H2,16,18)(H,17,19). The predicted molar refractivity (Wildman–Crippen MR) is 80.4 cm³/mol. The number of carbonyl (C=O) groups excluding carboxylic acids is 1. The van der Waals surface area contributed by atoms with Gasteiger partial charge in [-0.05, 0) is 37.0 Å². The first-order valence-corrected chi connectivity index (χ1v) is 7.14. The average Bonchev–Trinajstić information content (AvgIpc) is 3.00. The first-order valence-electron chi connectivity index (χ1n) is 7.14. The Morgan fingerprint density at radius 3 is 2.81 bits per heavy atom. The zero-order valence-corrected chi connectivity index (χ0v) is 11.9. The number of anilines is 1. The molecule has 1 atom stereocenters. The number of rotatable bonds is 6. The molecule has 1 aliphatic rings. The molecule has 6 heteroatoms. The number of oxime groups is 1. The van der Waals surface area contributed by atoms with Crippen molar-refractivity contribution in [3.05, 3.63) is 29.8 Å². The van der Waals surface area contributed by atoms with E-state index in [4.69, 9.17) is 15.7 Å². The van der Waals surface area contributed by atoms with E-state index in [1.165, 1.54) is 0 Å². The first-order chi connectivity index (χ1) is 10.2. The van der Waals surface area contributed by atoms with Crippen LogP contribution >= 0.6 is 0 Å². The van der Waals surface area contributed by atoms with Gasteiger partial charge in [0.2, 0.25) is 5.91 Å². The van der Waals surface area contributed by atoms with Gasteiger partial charge in [0.1, 0.15) is 5.84 Å². The number of benzene rings is 1. The summed E-state index contributed by atoms with van der Waals surface area (Å²) in [4.78, 5) is 11.8. The Morgan fingerprint density at radius 1 is 1.43 bits per heavy atom. The van der Waals surface area contributed by atoms with Crippen LogP contribution in [0.4, 0.5) is 5.69 Å². The van der Waals surface area contributed by atoms with E-state index in [9.17, 15) is 4.79 Å². The summed E-state index contributed by atoms with van der Waals surface area (Å²) in [6.07, 6.45) is 4.00. The number of nitrogens with two attached hydrogens (primary N) is 1. The van der Waals surface area contributed by atoms with E-state index >= 15 is 0 Å². The maximum Gasteiger partial charge on any atom is 0.224 e. The summed E-state index contributed by atoms with van der Waals surface area (Å²) >= 11 is 0. The SMILES string of the molecule is NC(Cc1ccc(NC(=O)CCC2CCCO2)cc1)=NO. The molecule has 114 valence electrons. The summed E-state index contributed by atoms with van der Waals surface area (Å²) < 4.78 is 5.49. The fourth-order valence-corrected chi connectivity index (χ4v) is 2.34. The summed E-state index contributed by atoms with van der Waals surface area (Å²) in [5.41, 5.74) is 7.11. The third-order valence-electron chi connectivity index (χ3n) is 3.47. The minimum Gasteiger partial charge on any atom is -0.409 e. The van der Waals surface area contributed by atoms with Crippen LogP contribution in [0.15, 0.2) is 29.4 Å². The van der Waals surface area contributed by atoms with Gasteiger partial charge in [0, 0.05) is 25.1 Å². The number of hydrogen-bond acceptors (Lipinski definition) is 4. The molecule has 1 aromatic rings. The van der Waals surface area contributed by atoms with Crippen molar-refractivity contribution < 1.29 is 14.7 Å². The molecular formula is C15H21N3O3. The molecule has 21 heavy (non-hydrogen) atoms. The highest BCUT2D eigenvalue weighted by atomic mass is 16.5. The van der Waals surface area contributed by atoms with Crippen molar-refractivity contribution in [1.82, 2.24) is 0 Å². The quantitative estimate of drug-likeness (QED) is 0.322. The molecule has 1 unspecified atom stereocenters. The Balaban J connectivity index is 1.77. The smallest absolute Gasteiger partial charge is 0.224 e. The molecule has 1 fully saturated rings. The van der Waals surface area contributed by atoms with Crippen LogP contribution in [0.3, 0.4) is 0 Å². The third-order valence-corrected chi connectivity index (χ3v) is 3.47. The van der Waals surface area contributed by atoms with E-state index in [1.807, 2.05) is 24.3 Å². The van der Waals surface area contributed by atoms with E-state index < -0.39 is 0 Å². The van der Waals surface area contributed by atoms with Crippen molar-refractivity contribution in [1.29, 1.82) is 0 Å². The fourth-order valence-electron chi connectivity index (χ4n) is 2.34. The number of nitrogens with one attached hydrogen (secondary N) is 1. The summed E-state index contributed by atoms with van der Waals surface area (Å²) in [5, 5.41) is 14.3.